The summed E-state index contributed by atoms with van der Waals surface area (Å²) in [5, 5.41) is 7.98. The summed E-state index contributed by atoms with van der Waals surface area (Å²) in [6.07, 6.45) is 2.06. The van der Waals surface area contributed by atoms with E-state index in [1.165, 1.54) is 5.56 Å². The quantitative estimate of drug-likeness (QED) is 0.387. The number of nitrogens with zero attached hydrogens (tertiary/aromatic N) is 1. The number of nitrogens with one attached hydrogen (secondary N) is 1. The van der Waals surface area contributed by atoms with E-state index in [1.54, 1.807) is 24.3 Å². The van der Waals surface area contributed by atoms with E-state index in [1.807, 2.05) is 12.1 Å². The van der Waals surface area contributed by atoms with Crippen LogP contribution in [0.5, 0.6) is 0 Å². The first kappa shape index (κ1) is 23.5. The van der Waals surface area contributed by atoms with Crippen molar-refractivity contribution in [1.82, 2.24) is 0 Å². The number of hydrogen-bond acceptors (Lipinski definition) is 4. The molecule has 0 saturated heterocycles. The van der Waals surface area contributed by atoms with Crippen molar-refractivity contribution < 1.29 is 14.4 Å². The molecule has 1 N–H and O–H groups in total. The second kappa shape index (κ2) is 8.28. The number of hydrogen-bond donors (Lipinski definition) is 1. The molecule has 0 heterocycles. The van der Waals surface area contributed by atoms with E-state index >= 15 is 0 Å². The van der Waals surface area contributed by atoms with Crippen LogP contribution in [-0.2, 0) is 9.63 Å². The minimum atomic E-state index is -0.607. The Kier molecular flexibility index (Phi) is 5.90. The number of halogens is 1. The predicted octanol–water partition coefficient (Wildman–Crippen LogP) is 6.83. The van der Waals surface area contributed by atoms with E-state index in [9.17, 15) is 9.59 Å². The van der Waals surface area contributed by atoms with Gasteiger partial charge in [-0.25, -0.2) is 4.79 Å². The molecule has 2 atom stereocenters. The molecule has 1 amide bonds. The molecule has 0 aromatic heterocycles. The third-order valence-electron chi connectivity index (χ3n) is 8.32. The molecule has 0 spiro atoms. The molecule has 2 aliphatic rings. The topological polar surface area (TPSA) is 67.8 Å². The van der Waals surface area contributed by atoms with Crippen molar-refractivity contribution in [2.75, 3.05) is 5.32 Å². The molecule has 0 radical (unpaired) electrons. The summed E-state index contributed by atoms with van der Waals surface area (Å²) < 4.78 is 0. The van der Waals surface area contributed by atoms with Gasteiger partial charge in [0.2, 0.25) is 5.91 Å². The first-order valence-corrected chi connectivity index (χ1v) is 11.8. The highest BCUT2D eigenvalue weighted by molar-refractivity contribution is 6.30. The molecule has 0 aliphatic heterocycles. The monoisotopic (exact) mass is 466 g/mol. The highest BCUT2D eigenvalue weighted by Crippen LogP contribution is 2.71. The molecular weight excluding hydrogens is 436 g/mol. The molecule has 2 aromatic carbocycles. The minimum absolute atomic E-state index is 0.00255. The molecule has 2 aliphatic carbocycles. The smallest absolute Gasteiger partial charge is 0.326 e. The Labute approximate surface area is 200 Å². The van der Waals surface area contributed by atoms with Crippen molar-refractivity contribution in [2.24, 2.45) is 21.4 Å². The Morgan fingerprint density at radius 1 is 1.00 bits per heavy atom. The second-order valence-electron chi connectivity index (χ2n) is 10.4. The zero-order valence-corrected chi connectivity index (χ0v) is 20.6. The molecule has 2 aromatic rings. The lowest BCUT2D eigenvalue weighted by atomic mass is 9.64. The third-order valence-corrected chi connectivity index (χ3v) is 8.57. The van der Waals surface area contributed by atoms with Gasteiger partial charge in [-0.05, 0) is 66.1 Å². The maximum Gasteiger partial charge on any atom is 0.365 e. The molecule has 5 nitrogen and oxygen atoms in total. The van der Waals surface area contributed by atoms with Gasteiger partial charge in [0.05, 0.1) is 16.7 Å². The Bertz CT molecular complexity index is 1110. The second-order valence-corrected chi connectivity index (χ2v) is 10.8. The first-order chi connectivity index (χ1) is 15.5. The van der Waals surface area contributed by atoms with Crippen LogP contribution in [0.4, 0.5) is 5.69 Å². The van der Waals surface area contributed by atoms with Gasteiger partial charge in [-0.3, -0.25) is 4.79 Å². The predicted molar refractivity (Wildman–Crippen MR) is 132 cm³/mol. The largest absolute Gasteiger partial charge is 0.365 e. The Hall–Kier alpha value is -2.66. The van der Waals surface area contributed by atoms with Gasteiger partial charge >= 0.3 is 5.97 Å². The van der Waals surface area contributed by atoms with Crippen LogP contribution in [0.2, 0.25) is 5.02 Å². The fourth-order valence-electron chi connectivity index (χ4n) is 5.46. The number of amides is 1. The van der Waals surface area contributed by atoms with Gasteiger partial charge in [0.15, 0.2) is 0 Å². The van der Waals surface area contributed by atoms with Gasteiger partial charge in [0.1, 0.15) is 0 Å². The maximum absolute atomic E-state index is 13.6. The summed E-state index contributed by atoms with van der Waals surface area (Å²) >= 11 is 5.90. The van der Waals surface area contributed by atoms with Crippen LogP contribution in [0, 0.1) is 16.2 Å². The normalized spacial score (nSPS) is 26.6. The molecule has 4 rings (SSSR count). The Morgan fingerprint density at radius 3 is 2.24 bits per heavy atom. The van der Waals surface area contributed by atoms with Crippen LogP contribution in [0.1, 0.15) is 75.7 Å². The average molecular weight is 467 g/mol. The van der Waals surface area contributed by atoms with Crippen LogP contribution >= 0.6 is 11.6 Å². The molecule has 33 heavy (non-hydrogen) atoms. The number of benzene rings is 2. The molecule has 2 bridgehead atoms. The SMILES string of the molecule is CC(C)c1ccc(NC(=O)C23CCC(C)(C(=NOC(=O)c4ccc(Cl)cc4)C2)C3(C)C)cc1. The van der Waals surface area contributed by atoms with Gasteiger partial charge in [0.25, 0.3) is 0 Å². The number of anilines is 1. The first-order valence-electron chi connectivity index (χ1n) is 11.5. The van der Waals surface area contributed by atoms with Crippen molar-refractivity contribution in [3.63, 3.8) is 0 Å². The summed E-state index contributed by atoms with van der Waals surface area (Å²) in [6, 6.07) is 14.5. The number of carbonyl (C=O) groups is 2. The fraction of sp³-hybridized carbons (Fsp3) is 0.444. The van der Waals surface area contributed by atoms with E-state index in [0.717, 1.165) is 24.2 Å². The van der Waals surface area contributed by atoms with Crippen molar-refractivity contribution in [2.45, 2.75) is 59.8 Å². The lowest BCUT2D eigenvalue weighted by Gasteiger charge is -2.39. The number of fused-ring (bicyclic) bond motifs is 2. The van der Waals surface area contributed by atoms with E-state index in [4.69, 9.17) is 16.4 Å². The van der Waals surface area contributed by atoms with E-state index in [2.05, 4.69) is 57.2 Å². The third kappa shape index (κ3) is 3.76. The van der Waals surface area contributed by atoms with Crippen molar-refractivity contribution >= 4 is 34.9 Å². The minimum Gasteiger partial charge on any atom is -0.326 e. The van der Waals surface area contributed by atoms with Gasteiger partial charge in [-0.15, -0.1) is 0 Å². The Balaban J connectivity index is 1.55. The number of rotatable bonds is 5. The van der Waals surface area contributed by atoms with Gasteiger partial charge in [0, 0.05) is 22.5 Å². The summed E-state index contributed by atoms with van der Waals surface area (Å²) in [7, 11) is 0. The summed E-state index contributed by atoms with van der Waals surface area (Å²) in [5.74, 6) is -0.0955. The van der Waals surface area contributed by atoms with Crippen molar-refractivity contribution in [3.05, 3.63) is 64.7 Å². The maximum atomic E-state index is 13.6. The van der Waals surface area contributed by atoms with Crippen molar-refractivity contribution in [3.8, 4) is 0 Å². The summed E-state index contributed by atoms with van der Waals surface area (Å²) in [4.78, 5) is 31.4. The lowest BCUT2D eigenvalue weighted by molar-refractivity contribution is -0.130. The standard InChI is InChI=1S/C27H31ClN2O3/c1-17(2)18-8-12-21(13-9-18)29-24(32)27-15-14-26(5,25(27,3)4)22(16-27)30-33-23(31)19-6-10-20(28)11-7-19/h6-13,17H,14-16H2,1-5H3,(H,29,32). The van der Waals surface area contributed by atoms with E-state index in [0.29, 0.717) is 22.9 Å². The molecular formula is C27H31ClN2O3. The van der Waals surface area contributed by atoms with Gasteiger partial charge < -0.3 is 10.2 Å². The van der Waals surface area contributed by atoms with Crippen LogP contribution in [0.3, 0.4) is 0 Å². The fourth-order valence-corrected chi connectivity index (χ4v) is 5.59. The molecule has 2 fully saturated rings. The molecule has 174 valence electrons. The van der Waals surface area contributed by atoms with Gasteiger partial charge in [-0.1, -0.05) is 63.5 Å². The zero-order valence-electron chi connectivity index (χ0n) is 19.9. The highest BCUT2D eigenvalue weighted by Gasteiger charge is 2.71. The van der Waals surface area contributed by atoms with Crippen LogP contribution in [-0.4, -0.2) is 17.6 Å². The zero-order chi connectivity index (χ0) is 24.0. The average Bonchev–Trinajstić information content (AvgIpc) is 3.09. The molecule has 6 heteroatoms. The van der Waals surface area contributed by atoms with Crippen LogP contribution < -0.4 is 5.32 Å². The Morgan fingerprint density at radius 2 is 1.64 bits per heavy atom. The van der Waals surface area contributed by atoms with Crippen LogP contribution in [0.15, 0.2) is 53.7 Å². The number of oxime groups is 1. The summed E-state index contributed by atoms with van der Waals surface area (Å²) in [6.45, 7) is 10.7. The molecule has 2 unspecified atom stereocenters. The van der Waals surface area contributed by atoms with E-state index in [-0.39, 0.29) is 16.7 Å². The summed E-state index contributed by atoms with van der Waals surface area (Å²) in [5.41, 5.74) is 1.91. The van der Waals surface area contributed by atoms with E-state index < -0.39 is 11.4 Å². The highest BCUT2D eigenvalue weighted by atomic mass is 35.5. The lowest BCUT2D eigenvalue weighted by Crippen LogP contribution is -2.43. The van der Waals surface area contributed by atoms with Gasteiger partial charge in [-0.2, -0.15) is 0 Å². The van der Waals surface area contributed by atoms with Crippen molar-refractivity contribution in [1.29, 1.82) is 0 Å². The number of carbonyl (C=O) groups excluding carboxylic acids is 2. The van der Waals surface area contributed by atoms with Crippen LogP contribution in [0.25, 0.3) is 0 Å². The molecule has 2 saturated carbocycles.